The van der Waals surface area contributed by atoms with E-state index in [2.05, 4.69) is 36.9 Å². The first-order valence-corrected chi connectivity index (χ1v) is 7.81. The van der Waals surface area contributed by atoms with E-state index in [0.717, 1.165) is 12.3 Å². The Balaban J connectivity index is 2.23. The molecular weight excluding hydrogens is 248 g/mol. The molecule has 2 rings (SSSR count). The lowest BCUT2D eigenvalue weighted by molar-refractivity contribution is 0.147. The third-order valence-electron chi connectivity index (χ3n) is 4.59. The zero-order chi connectivity index (χ0) is 14.5. The summed E-state index contributed by atoms with van der Waals surface area (Å²) in [5.74, 6) is 0.952. The van der Waals surface area contributed by atoms with Crippen molar-refractivity contribution in [3.8, 4) is 5.75 Å². The van der Waals surface area contributed by atoms with E-state index in [1.165, 1.54) is 36.8 Å². The predicted octanol–water partition coefficient (Wildman–Crippen LogP) is 3.27. The van der Waals surface area contributed by atoms with E-state index >= 15 is 0 Å². The number of hydrogen-bond acceptors (Lipinski definition) is 3. The summed E-state index contributed by atoms with van der Waals surface area (Å²) in [5.41, 5.74) is 8.60. The molecule has 1 aliphatic rings. The smallest absolute Gasteiger partial charge is 0.121 e. The van der Waals surface area contributed by atoms with E-state index in [1.807, 2.05) is 0 Å². The van der Waals surface area contributed by atoms with Gasteiger partial charge >= 0.3 is 0 Å². The van der Waals surface area contributed by atoms with Gasteiger partial charge in [0.1, 0.15) is 5.75 Å². The summed E-state index contributed by atoms with van der Waals surface area (Å²) in [6.45, 7) is 6.09. The molecule has 0 saturated heterocycles. The first-order chi connectivity index (χ1) is 9.71. The fourth-order valence-corrected chi connectivity index (χ4v) is 3.54. The van der Waals surface area contributed by atoms with Crippen molar-refractivity contribution >= 4 is 0 Å². The van der Waals surface area contributed by atoms with Gasteiger partial charge in [0, 0.05) is 18.6 Å². The van der Waals surface area contributed by atoms with Crippen LogP contribution in [0.3, 0.4) is 0 Å². The molecule has 0 bridgehead atoms. The van der Waals surface area contributed by atoms with Crippen LogP contribution >= 0.6 is 0 Å². The van der Waals surface area contributed by atoms with E-state index < -0.39 is 0 Å². The van der Waals surface area contributed by atoms with Crippen LogP contribution in [-0.2, 0) is 0 Å². The molecule has 1 aromatic rings. The first kappa shape index (κ1) is 15.3. The van der Waals surface area contributed by atoms with Crippen LogP contribution in [0.2, 0.25) is 0 Å². The van der Waals surface area contributed by atoms with Crippen molar-refractivity contribution in [2.24, 2.45) is 5.73 Å². The molecule has 1 unspecified atom stereocenters. The molecule has 0 heterocycles. The molecule has 1 saturated carbocycles. The van der Waals surface area contributed by atoms with Gasteiger partial charge in [-0.2, -0.15) is 0 Å². The SMILES string of the molecule is CCN(C1CCCC1)C(CN)c1ccc(OC)c(C)c1. The van der Waals surface area contributed by atoms with Gasteiger partial charge in [-0.15, -0.1) is 0 Å². The Kier molecular flexibility index (Phi) is 5.44. The summed E-state index contributed by atoms with van der Waals surface area (Å²) in [6.07, 6.45) is 5.36. The molecule has 112 valence electrons. The van der Waals surface area contributed by atoms with Gasteiger partial charge in [-0.3, -0.25) is 4.90 Å². The molecule has 1 aromatic carbocycles. The van der Waals surface area contributed by atoms with Gasteiger partial charge in [-0.05, 0) is 43.5 Å². The van der Waals surface area contributed by atoms with Crippen LogP contribution in [0.15, 0.2) is 18.2 Å². The van der Waals surface area contributed by atoms with Gasteiger partial charge < -0.3 is 10.5 Å². The number of likely N-dealkylation sites (N-methyl/N-ethyl adjacent to an activating group) is 1. The number of benzene rings is 1. The van der Waals surface area contributed by atoms with Gasteiger partial charge in [-0.25, -0.2) is 0 Å². The summed E-state index contributed by atoms with van der Waals surface area (Å²) >= 11 is 0. The minimum Gasteiger partial charge on any atom is -0.496 e. The highest BCUT2D eigenvalue weighted by Crippen LogP contribution is 2.32. The second kappa shape index (κ2) is 7.09. The monoisotopic (exact) mass is 276 g/mol. The second-order valence-corrected chi connectivity index (χ2v) is 5.75. The zero-order valence-electron chi connectivity index (χ0n) is 13.1. The summed E-state index contributed by atoms with van der Waals surface area (Å²) in [6, 6.07) is 7.49. The minimum absolute atomic E-state index is 0.327. The second-order valence-electron chi connectivity index (χ2n) is 5.75. The molecule has 0 radical (unpaired) electrons. The largest absolute Gasteiger partial charge is 0.496 e. The number of aryl methyl sites for hydroxylation is 1. The number of ether oxygens (including phenoxy) is 1. The third kappa shape index (κ3) is 3.15. The van der Waals surface area contributed by atoms with E-state index in [4.69, 9.17) is 10.5 Å². The molecule has 3 nitrogen and oxygen atoms in total. The summed E-state index contributed by atoms with van der Waals surface area (Å²) in [7, 11) is 1.72. The maximum Gasteiger partial charge on any atom is 0.121 e. The number of nitrogens with zero attached hydrogens (tertiary/aromatic N) is 1. The Morgan fingerprint density at radius 1 is 1.35 bits per heavy atom. The van der Waals surface area contributed by atoms with Gasteiger partial charge in [-0.1, -0.05) is 31.9 Å². The highest BCUT2D eigenvalue weighted by molar-refractivity contribution is 5.37. The molecule has 1 atom stereocenters. The fraction of sp³-hybridized carbons (Fsp3) is 0.647. The van der Waals surface area contributed by atoms with Crippen LogP contribution in [-0.4, -0.2) is 31.1 Å². The van der Waals surface area contributed by atoms with Gasteiger partial charge in [0.15, 0.2) is 0 Å². The number of hydrogen-bond donors (Lipinski definition) is 1. The van der Waals surface area contributed by atoms with Crippen molar-refractivity contribution in [2.75, 3.05) is 20.2 Å². The highest BCUT2D eigenvalue weighted by Gasteiger charge is 2.27. The molecule has 2 N–H and O–H groups in total. The Labute approximate surface area is 123 Å². The average molecular weight is 276 g/mol. The van der Waals surface area contributed by atoms with Crippen LogP contribution < -0.4 is 10.5 Å². The fourth-order valence-electron chi connectivity index (χ4n) is 3.54. The third-order valence-corrected chi connectivity index (χ3v) is 4.59. The van der Waals surface area contributed by atoms with Crippen LogP contribution in [0.1, 0.15) is 49.8 Å². The maximum absolute atomic E-state index is 6.10. The normalized spacial score (nSPS) is 17.6. The van der Waals surface area contributed by atoms with E-state index in [9.17, 15) is 0 Å². The van der Waals surface area contributed by atoms with E-state index in [1.54, 1.807) is 7.11 Å². The molecule has 0 aromatic heterocycles. The molecule has 1 aliphatic carbocycles. The van der Waals surface area contributed by atoms with Crippen LogP contribution in [0.25, 0.3) is 0 Å². The van der Waals surface area contributed by atoms with Crippen molar-refractivity contribution < 1.29 is 4.74 Å². The number of methoxy groups -OCH3 is 1. The van der Waals surface area contributed by atoms with Crippen molar-refractivity contribution in [3.05, 3.63) is 29.3 Å². The van der Waals surface area contributed by atoms with Crippen LogP contribution in [0.5, 0.6) is 5.75 Å². The Morgan fingerprint density at radius 3 is 2.55 bits per heavy atom. The van der Waals surface area contributed by atoms with Crippen LogP contribution in [0, 0.1) is 6.92 Å². The molecule has 20 heavy (non-hydrogen) atoms. The van der Waals surface area contributed by atoms with Crippen molar-refractivity contribution in [3.63, 3.8) is 0 Å². The number of rotatable bonds is 6. The summed E-state index contributed by atoms with van der Waals surface area (Å²) in [4.78, 5) is 2.59. The van der Waals surface area contributed by atoms with Gasteiger partial charge in [0.25, 0.3) is 0 Å². The van der Waals surface area contributed by atoms with Crippen molar-refractivity contribution in [1.29, 1.82) is 0 Å². The predicted molar refractivity (Wildman–Crippen MR) is 84.2 cm³/mol. The molecular formula is C17H28N2O. The Hall–Kier alpha value is -1.06. The lowest BCUT2D eigenvalue weighted by Gasteiger charge is -2.35. The topological polar surface area (TPSA) is 38.5 Å². The number of nitrogens with two attached hydrogens (primary N) is 1. The van der Waals surface area contributed by atoms with Crippen LogP contribution in [0.4, 0.5) is 0 Å². The Bertz CT molecular complexity index is 427. The standard InChI is InChI=1S/C17H28N2O/c1-4-19(15-7-5-6-8-15)16(12-18)14-9-10-17(20-3)13(2)11-14/h9-11,15-16H,4-8,12,18H2,1-3H3. The van der Waals surface area contributed by atoms with E-state index in [0.29, 0.717) is 18.6 Å². The summed E-state index contributed by atoms with van der Waals surface area (Å²) < 4.78 is 5.36. The molecule has 3 heteroatoms. The molecule has 0 aliphatic heterocycles. The quantitative estimate of drug-likeness (QED) is 0.866. The molecule has 0 spiro atoms. The highest BCUT2D eigenvalue weighted by atomic mass is 16.5. The Morgan fingerprint density at radius 2 is 2.05 bits per heavy atom. The lowest BCUT2D eigenvalue weighted by atomic mass is 10.00. The molecule has 0 amide bonds. The average Bonchev–Trinajstić information content (AvgIpc) is 2.98. The van der Waals surface area contributed by atoms with Gasteiger partial charge in [0.2, 0.25) is 0 Å². The first-order valence-electron chi connectivity index (χ1n) is 7.81. The molecule has 1 fully saturated rings. The van der Waals surface area contributed by atoms with Crippen molar-refractivity contribution in [2.45, 2.75) is 51.6 Å². The summed E-state index contributed by atoms with van der Waals surface area (Å²) in [5, 5.41) is 0. The zero-order valence-corrected chi connectivity index (χ0v) is 13.1. The maximum atomic E-state index is 6.10. The van der Waals surface area contributed by atoms with E-state index in [-0.39, 0.29) is 0 Å². The van der Waals surface area contributed by atoms with Crippen molar-refractivity contribution in [1.82, 2.24) is 4.90 Å². The lowest BCUT2D eigenvalue weighted by Crippen LogP contribution is -2.40. The minimum atomic E-state index is 0.327. The van der Waals surface area contributed by atoms with Gasteiger partial charge in [0.05, 0.1) is 7.11 Å².